The molecule has 7 heteroatoms. The smallest absolute Gasteiger partial charge is 0.407 e. The third-order valence-electron chi connectivity index (χ3n) is 2.77. The van der Waals surface area contributed by atoms with Gasteiger partial charge in [0.2, 0.25) is 0 Å². The second-order valence-electron chi connectivity index (χ2n) is 3.98. The van der Waals surface area contributed by atoms with Gasteiger partial charge in [0.1, 0.15) is 0 Å². The van der Waals surface area contributed by atoms with Crippen LogP contribution in [-0.2, 0) is 4.74 Å². The van der Waals surface area contributed by atoms with Crippen LogP contribution in [0, 0.1) is 0 Å². The number of hydrogen-bond donors (Lipinski definition) is 1. The number of nitrogens with zero attached hydrogens (tertiary/aromatic N) is 1. The molecule has 0 aliphatic carbocycles. The molecule has 1 N–H and O–H groups in total. The highest BCUT2D eigenvalue weighted by Crippen LogP contribution is 2.24. The fraction of sp³-hybridized carbons (Fsp3) is 0.455. The lowest BCUT2D eigenvalue weighted by Crippen LogP contribution is -2.38. The number of alkyl carbamates (subject to hydrolysis) is 1. The molecule has 0 aromatic carbocycles. The highest BCUT2D eigenvalue weighted by atomic mass is 79.9. The minimum absolute atomic E-state index is 0.0138. The number of rotatable bonds is 2. The minimum atomic E-state index is -0.451. The Labute approximate surface area is 117 Å². The van der Waals surface area contributed by atoms with Crippen LogP contribution in [0.5, 0.6) is 0 Å². The molecular formula is C11H13BrN2O3S. The van der Waals surface area contributed by atoms with Crippen LogP contribution in [0.25, 0.3) is 0 Å². The Bertz CT molecular complexity index is 463. The first-order valence-electron chi connectivity index (χ1n) is 5.49. The van der Waals surface area contributed by atoms with Crippen LogP contribution in [0.3, 0.4) is 0 Å². The summed E-state index contributed by atoms with van der Waals surface area (Å²) in [6.07, 6.45) is 0.307. The summed E-state index contributed by atoms with van der Waals surface area (Å²) in [6.45, 7) is 1.19. The second-order valence-corrected chi connectivity index (χ2v) is 6.44. The summed E-state index contributed by atoms with van der Waals surface area (Å²) in [5, 5.41) is 2.71. The van der Waals surface area contributed by atoms with E-state index in [0.29, 0.717) is 18.0 Å². The number of ether oxygens (including phenoxy) is 1. The van der Waals surface area contributed by atoms with Gasteiger partial charge in [-0.2, -0.15) is 0 Å². The van der Waals surface area contributed by atoms with Crippen molar-refractivity contribution >= 4 is 39.3 Å². The zero-order valence-electron chi connectivity index (χ0n) is 9.81. The van der Waals surface area contributed by atoms with Gasteiger partial charge < -0.3 is 15.0 Å². The van der Waals surface area contributed by atoms with Gasteiger partial charge in [-0.3, -0.25) is 4.79 Å². The number of methoxy groups -OCH3 is 1. The molecule has 1 aromatic rings. The molecule has 98 valence electrons. The van der Waals surface area contributed by atoms with Crippen molar-refractivity contribution in [2.75, 3.05) is 20.2 Å². The number of nitrogens with one attached hydrogen (secondary N) is 1. The number of hydrogen-bond acceptors (Lipinski definition) is 4. The lowest BCUT2D eigenvalue weighted by molar-refractivity contribution is 0.0793. The highest BCUT2D eigenvalue weighted by molar-refractivity contribution is 9.11. The van der Waals surface area contributed by atoms with Crippen LogP contribution < -0.4 is 5.32 Å². The number of carbonyl (C=O) groups excluding carboxylic acids is 2. The first-order valence-corrected chi connectivity index (χ1v) is 7.10. The van der Waals surface area contributed by atoms with Gasteiger partial charge in [-0.1, -0.05) is 0 Å². The molecule has 5 nitrogen and oxygen atoms in total. The number of carbonyl (C=O) groups is 2. The Morgan fingerprint density at radius 3 is 2.94 bits per heavy atom. The lowest BCUT2D eigenvalue weighted by atomic mass is 10.3. The molecule has 2 rings (SSSR count). The molecule has 1 aliphatic heterocycles. The predicted molar refractivity (Wildman–Crippen MR) is 71.9 cm³/mol. The van der Waals surface area contributed by atoms with Gasteiger partial charge in [0.05, 0.1) is 21.8 Å². The average Bonchev–Trinajstić information content (AvgIpc) is 2.97. The van der Waals surface area contributed by atoms with Crippen molar-refractivity contribution in [1.29, 1.82) is 0 Å². The minimum Gasteiger partial charge on any atom is -0.453 e. The molecule has 1 atom stereocenters. The lowest BCUT2D eigenvalue weighted by Gasteiger charge is -2.15. The summed E-state index contributed by atoms with van der Waals surface area (Å²) in [5.74, 6) is 0.0138. The van der Waals surface area contributed by atoms with Crippen molar-refractivity contribution in [3.63, 3.8) is 0 Å². The third-order valence-corrected chi connectivity index (χ3v) is 4.38. The van der Waals surface area contributed by atoms with E-state index in [1.165, 1.54) is 18.4 Å². The second kappa shape index (κ2) is 5.71. The molecule has 0 radical (unpaired) electrons. The molecule has 18 heavy (non-hydrogen) atoms. The zero-order valence-corrected chi connectivity index (χ0v) is 12.2. The molecule has 1 aromatic heterocycles. The number of thiophene rings is 1. The molecule has 1 unspecified atom stereocenters. The molecule has 2 amide bonds. The summed E-state index contributed by atoms with van der Waals surface area (Å²) in [7, 11) is 1.33. The van der Waals surface area contributed by atoms with Gasteiger partial charge in [-0.05, 0) is 34.5 Å². The summed E-state index contributed by atoms with van der Waals surface area (Å²) in [6, 6.07) is 3.64. The van der Waals surface area contributed by atoms with Gasteiger partial charge in [-0.25, -0.2) is 4.79 Å². The zero-order chi connectivity index (χ0) is 13.1. The first kappa shape index (κ1) is 13.4. The van der Waals surface area contributed by atoms with Gasteiger partial charge in [-0.15, -0.1) is 11.3 Å². The van der Waals surface area contributed by atoms with Gasteiger partial charge >= 0.3 is 6.09 Å². The van der Waals surface area contributed by atoms with Crippen molar-refractivity contribution in [3.05, 3.63) is 20.8 Å². The standard InChI is InChI=1S/C11H13BrN2O3S/c1-17-11(16)13-7-4-5-14(6-7)10(15)8-2-3-9(12)18-8/h2-3,7H,4-6H2,1H3,(H,13,16). The van der Waals surface area contributed by atoms with Crippen LogP contribution in [0.4, 0.5) is 4.79 Å². The summed E-state index contributed by atoms with van der Waals surface area (Å²) in [5.41, 5.74) is 0. The molecule has 1 fully saturated rings. The molecule has 0 bridgehead atoms. The van der Waals surface area contributed by atoms with E-state index < -0.39 is 6.09 Å². The molecule has 0 spiro atoms. The highest BCUT2D eigenvalue weighted by Gasteiger charge is 2.28. The number of halogens is 1. The van der Waals surface area contributed by atoms with Gasteiger partial charge in [0.15, 0.2) is 0 Å². The fourth-order valence-electron chi connectivity index (χ4n) is 1.87. The van der Waals surface area contributed by atoms with E-state index in [1.807, 2.05) is 6.07 Å². The Hall–Kier alpha value is -1.08. The van der Waals surface area contributed by atoms with Crippen molar-refractivity contribution in [3.8, 4) is 0 Å². The van der Waals surface area contributed by atoms with Crippen LogP contribution in [0.2, 0.25) is 0 Å². The maximum Gasteiger partial charge on any atom is 0.407 e. The van der Waals surface area contributed by atoms with Crippen LogP contribution in [-0.4, -0.2) is 43.1 Å². The Morgan fingerprint density at radius 1 is 1.56 bits per heavy atom. The van der Waals surface area contributed by atoms with E-state index in [1.54, 1.807) is 11.0 Å². The molecule has 1 aliphatic rings. The van der Waals surface area contributed by atoms with E-state index in [0.717, 1.165) is 10.2 Å². The maximum atomic E-state index is 12.1. The van der Waals surface area contributed by atoms with Gasteiger partial charge in [0, 0.05) is 13.1 Å². The van der Waals surface area contributed by atoms with Crippen molar-refractivity contribution < 1.29 is 14.3 Å². The Balaban J connectivity index is 1.92. The van der Waals surface area contributed by atoms with Crippen molar-refractivity contribution in [2.24, 2.45) is 0 Å². The molecule has 0 saturated carbocycles. The van der Waals surface area contributed by atoms with E-state index in [-0.39, 0.29) is 11.9 Å². The Kier molecular flexibility index (Phi) is 4.23. The summed E-state index contributed by atoms with van der Waals surface area (Å²) in [4.78, 5) is 25.7. The van der Waals surface area contributed by atoms with Crippen molar-refractivity contribution in [2.45, 2.75) is 12.5 Å². The summed E-state index contributed by atoms with van der Waals surface area (Å²) >= 11 is 4.75. The average molecular weight is 333 g/mol. The fourth-order valence-corrected chi connectivity index (χ4v) is 3.23. The van der Waals surface area contributed by atoms with E-state index in [9.17, 15) is 9.59 Å². The Morgan fingerprint density at radius 2 is 2.33 bits per heavy atom. The van der Waals surface area contributed by atoms with E-state index in [4.69, 9.17) is 0 Å². The SMILES string of the molecule is COC(=O)NC1CCN(C(=O)c2ccc(Br)s2)C1. The maximum absolute atomic E-state index is 12.1. The normalized spacial score (nSPS) is 18.8. The number of amides is 2. The molecule has 1 saturated heterocycles. The van der Waals surface area contributed by atoms with Crippen LogP contribution in [0.15, 0.2) is 15.9 Å². The van der Waals surface area contributed by atoms with Crippen LogP contribution >= 0.6 is 27.3 Å². The summed E-state index contributed by atoms with van der Waals surface area (Å²) < 4.78 is 5.48. The topological polar surface area (TPSA) is 58.6 Å². The largest absolute Gasteiger partial charge is 0.453 e. The van der Waals surface area contributed by atoms with Crippen molar-refractivity contribution in [1.82, 2.24) is 10.2 Å². The van der Waals surface area contributed by atoms with E-state index >= 15 is 0 Å². The van der Waals surface area contributed by atoms with Gasteiger partial charge in [0.25, 0.3) is 5.91 Å². The van der Waals surface area contributed by atoms with E-state index in [2.05, 4.69) is 26.0 Å². The molecular weight excluding hydrogens is 320 g/mol. The van der Waals surface area contributed by atoms with Crippen LogP contribution in [0.1, 0.15) is 16.1 Å². The first-order chi connectivity index (χ1) is 8.60. The molecule has 2 heterocycles. The number of likely N-dealkylation sites (tertiary alicyclic amines) is 1. The monoisotopic (exact) mass is 332 g/mol. The third kappa shape index (κ3) is 3.02. The predicted octanol–water partition coefficient (Wildman–Crippen LogP) is 2.08. The quantitative estimate of drug-likeness (QED) is 0.902.